The summed E-state index contributed by atoms with van der Waals surface area (Å²) in [6.07, 6.45) is 0. The Morgan fingerprint density at radius 2 is 1.72 bits per heavy atom. The van der Waals surface area contributed by atoms with Crippen molar-refractivity contribution in [3.63, 3.8) is 0 Å². The first-order valence-corrected chi connectivity index (χ1v) is 8.87. The maximum atomic E-state index is 12.8. The molecule has 0 fully saturated rings. The normalized spacial score (nSPS) is 10.7. The van der Waals surface area contributed by atoms with E-state index in [0.717, 1.165) is 5.76 Å². The number of phenols is 1. The van der Waals surface area contributed by atoms with Gasteiger partial charge < -0.3 is 9.52 Å². The third-order valence-corrected chi connectivity index (χ3v) is 4.35. The summed E-state index contributed by atoms with van der Waals surface area (Å²) in [6, 6.07) is 18.3. The molecule has 0 aliphatic carbocycles. The summed E-state index contributed by atoms with van der Waals surface area (Å²) >= 11 is 0. The first-order chi connectivity index (χ1) is 14.0. The molecule has 2 aromatic heterocycles. The van der Waals surface area contributed by atoms with E-state index in [1.54, 1.807) is 30.3 Å². The standard InChI is InChI=1S/C22H17N3O4/c1-13-9-10-20(29-13)19-12-17(16-7-2-3-8-18(16)23-19)22(28)25-24-21(27)14-5-4-6-15(26)11-14/h2-12,26H,1H3,(H,24,27)(H,25,28). The van der Waals surface area contributed by atoms with Crippen molar-refractivity contribution >= 4 is 22.7 Å². The molecule has 0 saturated carbocycles. The van der Waals surface area contributed by atoms with Gasteiger partial charge in [-0.1, -0.05) is 24.3 Å². The van der Waals surface area contributed by atoms with Crippen LogP contribution >= 0.6 is 0 Å². The Hall–Kier alpha value is -4.13. The molecule has 0 aliphatic heterocycles. The zero-order valence-corrected chi connectivity index (χ0v) is 15.5. The third-order valence-electron chi connectivity index (χ3n) is 4.35. The summed E-state index contributed by atoms with van der Waals surface area (Å²) in [6.45, 7) is 1.83. The van der Waals surface area contributed by atoms with Crippen LogP contribution in [0, 0.1) is 6.92 Å². The molecule has 7 heteroatoms. The predicted molar refractivity (Wildman–Crippen MR) is 107 cm³/mol. The first-order valence-electron chi connectivity index (χ1n) is 8.87. The van der Waals surface area contributed by atoms with E-state index in [2.05, 4.69) is 15.8 Å². The molecule has 7 nitrogen and oxygen atoms in total. The number of hydrazine groups is 1. The number of hydrogen-bond acceptors (Lipinski definition) is 5. The van der Waals surface area contributed by atoms with Crippen LogP contribution in [0.4, 0.5) is 0 Å². The monoisotopic (exact) mass is 387 g/mol. The number of aromatic nitrogens is 1. The summed E-state index contributed by atoms with van der Waals surface area (Å²) in [5.74, 6) is 0.198. The van der Waals surface area contributed by atoms with E-state index < -0.39 is 11.8 Å². The Labute approximate surface area is 166 Å². The van der Waals surface area contributed by atoms with Crippen molar-refractivity contribution in [2.24, 2.45) is 0 Å². The summed E-state index contributed by atoms with van der Waals surface area (Å²) < 4.78 is 5.63. The molecule has 2 amide bonds. The topological polar surface area (TPSA) is 104 Å². The molecule has 3 N–H and O–H groups in total. The number of aryl methyl sites for hydroxylation is 1. The van der Waals surface area contributed by atoms with Crippen LogP contribution < -0.4 is 10.9 Å². The number of phenolic OH excluding ortho intramolecular Hbond substituents is 1. The lowest BCUT2D eigenvalue weighted by Crippen LogP contribution is -2.41. The van der Waals surface area contributed by atoms with Gasteiger partial charge in [-0.25, -0.2) is 4.98 Å². The molecule has 2 aromatic carbocycles. The lowest BCUT2D eigenvalue weighted by molar-refractivity contribution is 0.0847. The number of carbonyl (C=O) groups excluding carboxylic acids is 2. The van der Waals surface area contributed by atoms with Crippen molar-refractivity contribution in [3.8, 4) is 17.2 Å². The molecule has 0 aliphatic rings. The number of nitrogens with one attached hydrogen (secondary N) is 2. The number of hydrogen-bond donors (Lipinski definition) is 3. The zero-order valence-electron chi connectivity index (χ0n) is 15.5. The summed E-state index contributed by atoms with van der Waals surface area (Å²) in [5.41, 5.74) is 6.48. The van der Waals surface area contributed by atoms with Crippen LogP contribution in [0.3, 0.4) is 0 Å². The number of carbonyl (C=O) groups is 2. The zero-order chi connectivity index (χ0) is 20.4. The van der Waals surface area contributed by atoms with E-state index in [1.807, 2.05) is 25.1 Å². The predicted octanol–water partition coefficient (Wildman–Crippen LogP) is 3.58. The molecule has 144 valence electrons. The van der Waals surface area contributed by atoms with Gasteiger partial charge in [0.1, 0.15) is 17.2 Å². The fourth-order valence-electron chi connectivity index (χ4n) is 2.96. The second-order valence-electron chi connectivity index (χ2n) is 6.44. The highest BCUT2D eigenvalue weighted by molar-refractivity contribution is 6.08. The van der Waals surface area contributed by atoms with Crippen molar-refractivity contribution < 1.29 is 19.1 Å². The SMILES string of the molecule is Cc1ccc(-c2cc(C(=O)NNC(=O)c3cccc(O)c3)c3ccccc3n2)o1. The smallest absolute Gasteiger partial charge is 0.270 e. The molecule has 0 bridgehead atoms. The molecule has 0 radical (unpaired) electrons. The van der Waals surface area contributed by atoms with Crippen LogP contribution in [-0.4, -0.2) is 21.9 Å². The maximum absolute atomic E-state index is 12.8. The van der Waals surface area contributed by atoms with Crippen LogP contribution in [-0.2, 0) is 0 Å². The molecule has 4 aromatic rings. The minimum Gasteiger partial charge on any atom is -0.508 e. The number of aromatic hydroxyl groups is 1. The van der Waals surface area contributed by atoms with Gasteiger partial charge in [0, 0.05) is 10.9 Å². The molecule has 4 rings (SSSR count). The number of pyridine rings is 1. The van der Waals surface area contributed by atoms with E-state index in [4.69, 9.17) is 4.42 Å². The van der Waals surface area contributed by atoms with E-state index in [9.17, 15) is 14.7 Å². The lowest BCUT2D eigenvalue weighted by atomic mass is 10.1. The number of fused-ring (bicyclic) bond motifs is 1. The molecule has 2 heterocycles. The molecule has 0 saturated heterocycles. The largest absolute Gasteiger partial charge is 0.508 e. The Balaban J connectivity index is 1.63. The molecular weight excluding hydrogens is 370 g/mol. The lowest BCUT2D eigenvalue weighted by Gasteiger charge is -2.11. The highest BCUT2D eigenvalue weighted by Gasteiger charge is 2.16. The summed E-state index contributed by atoms with van der Waals surface area (Å²) in [5, 5.41) is 10.1. The van der Waals surface area contributed by atoms with Gasteiger partial charge in [0.2, 0.25) is 0 Å². The number of amides is 2. The Bertz CT molecular complexity index is 1230. The number of nitrogens with zero attached hydrogens (tertiary/aromatic N) is 1. The van der Waals surface area contributed by atoms with Gasteiger partial charge in [-0.2, -0.15) is 0 Å². The van der Waals surface area contributed by atoms with Crippen molar-refractivity contribution in [2.75, 3.05) is 0 Å². The number of rotatable bonds is 3. The minimum atomic E-state index is -0.547. The van der Waals surface area contributed by atoms with Crippen LogP contribution in [0.15, 0.2) is 71.1 Å². The maximum Gasteiger partial charge on any atom is 0.270 e. The van der Waals surface area contributed by atoms with Gasteiger partial charge in [-0.3, -0.25) is 20.4 Å². The Kier molecular flexibility index (Phi) is 4.70. The Morgan fingerprint density at radius 1 is 0.931 bits per heavy atom. The van der Waals surface area contributed by atoms with Gasteiger partial charge in [0.25, 0.3) is 11.8 Å². The van der Waals surface area contributed by atoms with Gasteiger partial charge >= 0.3 is 0 Å². The van der Waals surface area contributed by atoms with Crippen LogP contribution in [0.5, 0.6) is 5.75 Å². The van der Waals surface area contributed by atoms with Crippen LogP contribution in [0.2, 0.25) is 0 Å². The van der Waals surface area contributed by atoms with E-state index in [0.29, 0.717) is 27.9 Å². The van der Waals surface area contributed by atoms with E-state index >= 15 is 0 Å². The minimum absolute atomic E-state index is 0.0394. The van der Waals surface area contributed by atoms with Crippen molar-refractivity contribution in [1.29, 1.82) is 0 Å². The van der Waals surface area contributed by atoms with E-state index in [1.165, 1.54) is 18.2 Å². The number of benzene rings is 2. The summed E-state index contributed by atoms with van der Waals surface area (Å²) in [7, 11) is 0. The van der Waals surface area contributed by atoms with Gasteiger partial charge in [-0.15, -0.1) is 0 Å². The fourth-order valence-corrected chi connectivity index (χ4v) is 2.96. The number of para-hydroxylation sites is 1. The third kappa shape index (κ3) is 3.79. The molecular formula is C22H17N3O4. The quantitative estimate of drug-likeness (QED) is 0.466. The van der Waals surface area contributed by atoms with Crippen molar-refractivity contribution in [3.05, 3.63) is 83.6 Å². The first kappa shape index (κ1) is 18.2. The molecule has 29 heavy (non-hydrogen) atoms. The molecule has 0 unspecified atom stereocenters. The second kappa shape index (κ2) is 7.47. The van der Waals surface area contributed by atoms with Crippen molar-refractivity contribution in [1.82, 2.24) is 15.8 Å². The van der Waals surface area contributed by atoms with Gasteiger partial charge in [0.05, 0.1) is 11.1 Å². The second-order valence-corrected chi connectivity index (χ2v) is 6.44. The highest BCUT2D eigenvalue weighted by atomic mass is 16.3. The van der Waals surface area contributed by atoms with Crippen LogP contribution in [0.1, 0.15) is 26.5 Å². The fraction of sp³-hybridized carbons (Fsp3) is 0.0455. The van der Waals surface area contributed by atoms with Gasteiger partial charge in [0.15, 0.2) is 5.76 Å². The molecule has 0 spiro atoms. The average Bonchev–Trinajstić information content (AvgIpc) is 3.17. The molecule has 0 atom stereocenters. The average molecular weight is 387 g/mol. The summed E-state index contributed by atoms with van der Waals surface area (Å²) in [4.78, 5) is 29.6. The Morgan fingerprint density at radius 3 is 2.48 bits per heavy atom. The van der Waals surface area contributed by atoms with E-state index in [-0.39, 0.29) is 11.3 Å². The van der Waals surface area contributed by atoms with Gasteiger partial charge in [-0.05, 0) is 49.4 Å². The van der Waals surface area contributed by atoms with Crippen LogP contribution in [0.25, 0.3) is 22.4 Å². The number of furan rings is 1. The highest BCUT2D eigenvalue weighted by Crippen LogP contribution is 2.26. The van der Waals surface area contributed by atoms with Crippen molar-refractivity contribution in [2.45, 2.75) is 6.92 Å².